The molecule has 2 atom stereocenters. The van der Waals surface area contributed by atoms with Crippen molar-refractivity contribution in [1.82, 2.24) is 0 Å². The van der Waals surface area contributed by atoms with Crippen LogP contribution in [-0.4, -0.2) is 0 Å². The number of unbranched alkanes of at least 4 members (excludes halogenated alkanes) is 9. The first-order valence-electron chi connectivity index (χ1n) is 18.5. The Labute approximate surface area is 281 Å². The molecule has 0 aliphatic carbocycles. The molecular weight excluding hydrogens is 556 g/mol. The van der Waals surface area contributed by atoms with Crippen molar-refractivity contribution < 1.29 is 0 Å². The lowest BCUT2D eigenvalue weighted by Gasteiger charge is -2.18. The molecule has 4 rings (SSSR count). The van der Waals surface area contributed by atoms with E-state index in [0.717, 1.165) is 11.4 Å². The molecule has 0 radical (unpaired) electrons. The maximum atomic E-state index is 5.94. The fourth-order valence-electron chi connectivity index (χ4n) is 6.88. The van der Waals surface area contributed by atoms with Crippen LogP contribution in [0.5, 0.6) is 0 Å². The Morgan fingerprint density at radius 3 is 0.957 bits per heavy atom. The third kappa shape index (κ3) is 11.7. The van der Waals surface area contributed by atoms with Crippen LogP contribution in [0.4, 0.5) is 11.4 Å². The molecule has 46 heavy (non-hydrogen) atoms. The number of anilines is 2. The zero-order chi connectivity index (χ0) is 32.4. The first-order chi connectivity index (χ1) is 22.6. The Bertz CT molecular complexity index is 1240. The van der Waals surface area contributed by atoms with Crippen molar-refractivity contribution in [3.05, 3.63) is 130 Å². The largest absolute Gasteiger partial charge is 0.399 e. The Morgan fingerprint density at radius 2 is 0.652 bits per heavy atom. The van der Waals surface area contributed by atoms with Crippen LogP contribution in [0.1, 0.15) is 149 Å². The second-order valence-corrected chi connectivity index (χ2v) is 13.5. The van der Waals surface area contributed by atoms with E-state index in [9.17, 15) is 0 Å². The molecule has 246 valence electrons. The van der Waals surface area contributed by atoms with Gasteiger partial charge in [0, 0.05) is 23.2 Å². The summed E-state index contributed by atoms with van der Waals surface area (Å²) < 4.78 is 0. The lowest BCUT2D eigenvalue weighted by molar-refractivity contribution is 0.567. The second-order valence-electron chi connectivity index (χ2n) is 13.5. The molecule has 2 nitrogen and oxygen atoms in total. The van der Waals surface area contributed by atoms with Crippen LogP contribution in [-0.2, 0) is 12.8 Å². The molecule has 0 saturated heterocycles. The molecule has 0 heterocycles. The molecule has 4 aromatic rings. The van der Waals surface area contributed by atoms with E-state index in [4.69, 9.17) is 11.5 Å². The molecule has 0 spiro atoms. The fraction of sp³-hybridized carbons (Fsp3) is 0.455. The van der Waals surface area contributed by atoms with E-state index in [1.54, 1.807) is 0 Å². The molecular formula is C44H60N2. The summed E-state index contributed by atoms with van der Waals surface area (Å²) in [7, 11) is 0. The van der Waals surface area contributed by atoms with Crippen molar-refractivity contribution in [2.75, 3.05) is 11.5 Å². The maximum absolute atomic E-state index is 5.94. The third-order valence-electron chi connectivity index (χ3n) is 9.82. The van der Waals surface area contributed by atoms with Gasteiger partial charge >= 0.3 is 0 Å². The summed E-state index contributed by atoms with van der Waals surface area (Å²) in [6.07, 6.45) is 20.5. The number of nitrogen functional groups attached to an aromatic ring is 2. The number of aryl methyl sites for hydroxylation is 2. The molecule has 0 aliphatic rings. The molecule has 0 aromatic heterocycles. The maximum Gasteiger partial charge on any atom is 0.0314 e. The van der Waals surface area contributed by atoms with Gasteiger partial charge in [-0.05, 0) is 96.2 Å². The predicted octanol–water partition coefficient (Wildman–Crippen LogP) is 12.4. The molecule has 0 saturated carbocycles. The van der Waals surface area contributed by atoms with Crippen LogP contribution in [0.2, 0.25) is 0 Å². The van der Waals surface area contributed by atoms with Crippen molar-refractivity contribution in [1.29, 1.82) is 0 Å². The minimum Gasteiger partial charge on any atom is -0.399 e. The van der Waals surface area contributed by atoms with Gasteiger partial charge in [-0.15, -0.1) is 0 Å². The summed E-state index contributed by atoms with van der Waals surface area (Å²) >= 11 is 0. The average molecular weight is 617 g/mol. The summed E-state index contributed by atoms with van der Waals surface area (Å²) in [6.45, 7) is 4.55. The number of nitrogens with two attached hydrogens (primary N) is 2. The van der Waals surface area contributed by atoms with E-state index in [1.807, 2.05) is 24.3 Å². The third-order valence-corrected chi connectivity index (χ3v) is 9.82. The van der Waals surface area contributed by atoms with Gasteiger partial charge in [0.2, 0.25) is 0 Å². The van der Waals surface area contributed by atoms with Gasteiger partial charge in [0.15, 0.2) is 0 Å². The van der Waals surface area contributed by atoms with E-state index in [1.165, 1.54) is 136 Å². The topological polar surface area (TPSA) is 52.0 Å². The summed E-state index contributed by atoms with van der Waals surface area (Å²) in [5.41, 5.74) is 22.2. The molecule has 2 heteroatoms. The van der Waals surface area contributed by atoms with Gasteiger partial charge < -0.3 is 11.5 Å². The minimum absolute atomic E-state index is 0.462. The monoisotopic (exact) mass is 616 g/mol. The van der Waals surface area contributed by atoms with Crippen molar-refractivity contribution in [2.24, 2.45) is 0 Å². The highest BCUT2D eigenvalue weighted by Gasteiger charge is 2.15. The molecule has 4 N–H and O–H groups in total. The van der Waals surface area contributed by atoms with Crippen LogP contribution in [0.3, 0.4) is 0 Å². The van der Waals surface area contributed by atoms with Crippen LogP contribution in [0, 0.1) is 0 Å². The summed E-state index contributed by atoms with van der Waals surface area (Å²) in [6, 6.07) is 35.9. The number of benzene rings is 4. The van der Waals surface area contributed by atoms with Gasteiger partial charge in [-0.1, -0.05) is 151 Å². The van der Waals surface area contributed by atoms with Crippen molar-refractivity contribution in [3.63, 3.8) is 0 Å². The van der Waals surface area contributed by atoms with Crippen LogP contribution in [0.15, 0.2) is 97.1 Å². The van der Waals surface area contributed by atoms with E-state index in [0.29, 0.717) is 11.8 Å². The van der Waals surface area contributed by atoms with E-state index in [2.05, 4.69) is 86.6 Å². The van der Waals surface area contributed by atoms with E-state index in [-0.39, 0.29) is 0 Å². The average Bonchev–Trinajstić information content (AvgIpc) is 3.08. The summed E-state index contributed by atoms with van der Waals surface area (Å²) in [5.74, 6) is 0.924. The first-order valence-corrected chi connectivity index (χ1v) is 18.5. The van der Waals surface area contributed by atoms with Crippen LogP contribution < -0.4 is 11.5 Å². The zero-order valence-electron chi connectivity index (χ0n) is 28.9. The van der Waals surface area contributed by atoms with E-state index >= 15 is 0 Å². The minimum atomic E-state index is 0.462. The van der Waals surface area contributed by atoms with Crippen molar-refractivity contribution in [3.8, 4) is 0 Å². The molecule has 4 aromatic carbocycles. The number of hydrogen-bond donors (Lipinski definition) is 2. The summed E-state index contributed by atoms with van der Waals surface area (Å²) in [4.78, 5) is 0. The van der Waals surface area contributed by atoms with Crippen LogP contribution in [0.25, 0.3) is 0 Å². The van der Waals surface area contributed by atoms with Gasteiger partial charge in [0.25, 0.3) is 0 Å². The SMILES string of the molecule is CCCCC(c1ccc(N)cc1)c1ccc(CCCCCCCCCCc2ccc(C(CCCC)c3ccc(N)cc3)cc2)cc1. The smallest absolute Gasteiger partial charge is 0.0314 e. The molecule has 0 amide bonds. The quantitative estimate of drug-likeness (QED) is 0.0723. The summed E-state index contributed by atoms with van der Waals surface area (Å²) in [5, 5.41) is 0. The molecule has 0 fully saturated rings. The predicted molar refractivity (Wildman–Crippen MR) is 202 cm³/mol. The lowest BCUT2D eigenvalue weighted by atomic mass is 9.86. The highest BCUT2D eigenvalue weighted by Crippen LogP contribution is 2.32. The van der Waals surface area contributed by atoms with Crippen LogP contribution >= 0.6 is 0 Å². The van der Waals surface area contributed by atoms with Gasteiger partial charge in [0.05, 0.1) is 0 Å². The zero-order valence-corrected chi connectivity index (χ0v) is 28.9. The van der Waals surface area contributed by atoms with Crippen molar-refractivity contribution in [2.45, 2.75) is 128 Å². The van der Waals surface area contributed by atoms with Gasteiger partial charge in [-0.2, -0.15) is 0 Å². The van der Waals surface area contributed by atoms with Gasteiger partial charge in [-0.25, -0.2) is 0 Å². The normalized spacial score (nSPS) is 12.7. The second kappa shape index (κ2) is 19.9. The van der Waals surface area contributed by atoms with Gasteiger partial charge in [0.1, 0.15) is 0 Å². The first kappa shape index (κ1) is 35.3. The Hall–Kier alpha value is -3.52. The number of rotatable bonds is 21. The van der Waals surface area contributed by atoms with E-state index < -0.39 is 0 Å². The van der Waals surface area contributed by atoms with Crippen molar-refractivity contribution >= 4 is 11.4 Å². The number of hydrogen-bond acceptors (Lipinski definition) is 2. The highest BCUT2D eigenvalue weighted by molar-refractivity contribution is 5.44. The lowest BCUT2D eigenvalue weighted by Crippen LogP contribution is -2.02. The Kier molecular flexibility index (Phi) is 15.3. The highest BCUT2D eigenvalue weighted by atomic mass is 14.5. The molecule has 0 bridgehead atoms. The Balaban J connectivity index is 1.09. The van der Waals surface area contributed by atoms with Gasteiger partial charge in [-0.3, -0.25) is 0 Å². The molecule has 2 unspecified atom stereocenters. The Morgan fingerprint density at radius 1 is 0.370 bits per heavy atom. The standard InChI is InChI=1S/C44H60N2/c1-3-5-17-43(39-27-31-41(45)32-28-39)37-23-19-35(20-24-37)15-13-11-9-7-8-10-12-14-16-36-21-25-38(26-22-36)44(18-6-4-2)40-29-33-42(46)34-30-40/h19-34,43-44H,3-18,45-46H2,1-2H3. The molecule has 0 aliphatic heterocycles. The fourth-order valence-corrected chi connectivity index (χ4v) is 6.88.